The number of nitrogens with one attached hydrogen (secondary N) is 2. The first-order chi connectivity index (χ1) is 20.7. The Balaban J connectivity index is 2.43. The summed E-state index contributed by atoms with van der Waals surface area (Å²) in [5, 5.41) is 73.3. The summed E-state index contributed by atoms with van der Waals surface area (Å²) < 4.78 is 28.0. The van der Waals surface area contributed by atoms with Gasteiger partial charge >= 0.3 is 17.9 Å². The standard InChI is InChI=1S/C26H48N4O15/c1-25(2,3)12-14(32)16(34)23(44-19(12)22(39)40)42-10(8-30-28)17(20(35)36)41-9(7-29-27)11-13(31)15(33)24(45-26(4,5)6)43-18(11)21(37)38/h9-19,23-24,29-34H,7-8,27-28H2,1-6H3,(H,35,36)(H,37,38)(H,39,40)/t9?,10?,11-,12-,13+,14+,15?,16?,17?,18?,19?,23+,24-/m0/s1. The van der Waals surface area contributed by atoms with E-state index in [4.69, 9.17) is 35.4 Å². The number of hydrazine groups is 2. The fraction of sp³-hybridized carbons (Fsp3) is 0.885. The Morgan fingerprint density at radius 2 is 1.29 bits per heavy atom. The number of hydrogen-bond donors (Lipinski definition) is 11. The fourth-order valence-electron chi connectivity index (χ4n) is 5.52. The third-order valence-electron chi connectivity index (χ3n) is 7.49. The minimum atomic E-state index is -2.07. The van der Waals surface area contributed by atoms with Crippen molar-refractivity contribution in [3.05, 3.63) is 0 Å². The highest BCUT2D eigenvalue weighted by Gasteiger charge is 2.55. The van der Waals surface area contributed by atoms with Gasteiger partial charge in [0.1, 0.15) is 18.3 Å². The van der Waals surface area contributed by atoms with Gasteiger partial charge in [-0.15, -0.1) is 0 Å². The average Bonchev–Trinajstić information content (AvgIpc) is 2.89. The normalized spacial score (nSPS) is 34.9. The number of carboxylic acids is 3. The van der Waals surface area contributed by atoms with Crippen LogP contribution in [-0.2, 0) is 38.1 Å². The van der Waals surface area contributed by atoms with Crippen molar-refractivity contribution in [2.75, 3.05) is 13.1 Å². The van der Waals surface area contributed by atoms with E-state index < -0.39 is 121 Å². The molecule has 2 heterocycles. The monoisotopic (exact) mass is 656 g/mol. The minimum absolute atomic E-state index is 0.478. The predicted molar refractivity (Wildman–Crippen MR) is 149 cm³/mol. The summed E-state index contributed by atoms with van der Waals surface area (Å²) in [6.07, 6.45) is -19.6. The second-order valence-electron chi connectivity index (χ2n) is 13.1. The van der Waals surface area contributed by atoms with Gasteiger partial charge in [-0.25, -0.2) is 14.4 Å². The molecule has 7 unspecified atom stereocenters. The van der Waals surface area contributed by atoms with Gasteiger partial charge in [0.15, 0.2) is 30.9 Å². The summed E-state index contributed by atoms with van der Waals surface area (Å²) in [7, 11) is 0. The van der Waals surface area contributed by atoms with Crippen LogP contribution in [0.3, 0.4) is 0 Å². The Labute approximate surface area is 259 Å². The SMILES string of the molecule is CC(C)(C)O[C@@H]1OC(C(=O)O)[C@@H](C(CNN)OC(C(=O)O)C(CNN)O[C@@H]2OC(C(=O)O)[C@@H](C(C)(C)C)[C@@H](O)C2O)[C@@H](O)C1O. The summed E-state index contributed by atoms with van der Waals surface area (Å²) in [6.45, 7) is 8.75. The molecule has 0 amide bonds. The number of aliphatic carboxylic acids is 3. The van der Waals surface area contributed by atoms with E-state index in [2.05, 4.69) is 10.9 Å². The Hall–Kier alpha value is -2.11. The van der Waals surface area contributed by atoms with Gasteiger partial charge in [-0.05, 0) is 26.2 Å². The van der Waals surface area contributed by atoms with Crippen LogP contribution >= 0.6 is 0 Å². The van der Waals surface area contributed by atoms with Crippen LogP contribution in [0.5, 0.6) is 0 Å². The molecule has 0 aromatic carbocycles. The summed E-state index contributed by atoms with van der Waals surface area (Å²) in [4.78, 5) is 36.8. The topological polar surface area (TPSA) is 315 Å². The second kappa shape index (κ2) is 15.7. The van der Waals surface area contributed by atoms with Crippen molar-refractivity contribution in [2.45, 2.75) is 115 Å². The quantitative estimate of drug-likeness (QED) is 0.0632. The van der Waals surface area contributed by atoms with E-state index in [0.717, 1.165) is 0 Å². The lowest BCUT2D eigenvalue weighted by atomic mass is 9.71. The molecule has 0 aliphatic carbocycles. The van der Waals surface area contributed by atoms with E-state index in [1.807, 2.05) is 0 Å². The van der Waals surface area contributed by atoms with Crippen molar-refractivity contribution < 1.29 is 73.8 Å². The molecule has 0 aromatic heterocycles. The molecule has 2 saturated heterocycles. The first-order valence-electron chi connectivity index (χ1n) is 14.2. The van der Waals surface area contributed by atoms with Gasteiger partial charge in [0, 0.05) is 19.0 Å². The van der Waals surface area contributed by atoms with Crippen LogP contribution in [0.4, 0.5) is 0 Å². The van der Waals surface area contributed by atoms with Crippen molar-refractivity contribution in [3.8, 4) is 0 Å². The molecule has 19 nitrogen and oxygen atoms in total. The van der Waals surface area contributed by atoms with Gasteiger partial charge in [0.25, 0.3) is 0 Å². The number of aliphatic hydroxyl groups is 4. The van der Waals surface area contributed by atoms with Gasteiger partial charge in [-0.1, -0.05) is 20.8 Å². The summed E-state index contributed by atoms with van der Waals surface area (Å²) in [5.41, 5.74) is 2.64. The number of hydrogen-bond acceptors (Lipinski definition) is 16. The van der Waals surface area contributed by atoms with E-state index >= 15 is 0 Å². The van der Waals surface area contributed by atoms with E-state index in [-0.39, 0.29) is 0 Å². The van der Waals surface area contributed by atoms with Crippen LogP contribution in [0, 0.1) is 17.3 Å². The maximum Gasteiger partial charge on any atom is 0.335 e. The maximum absolute atomic E-state index is 12.5. The number of carbonyl (C=O) groups is 3. The fourth-order valence-corrected chi connectivity index (χ4v) is 5.52. The highest BCUT2D eigenvalue weighted by atomic mass is 16.7. The number of rotatable bonds is 14. The Bertz CT molecular complexity index is 1010. The number of ether oxygens (including phenoxy) is 5. The molecule has 45 heavy (non-hydrogen) atoms. The van der Waals surface area contributed by atoms with Crippen LogP contribution in [0.15, 0.2) is 0 Å². The van der Waals surface area contributed by atoms with Crippen molar-refractivity contribution in [2.24, 2.45) is 28.9 Å². The molecular formula is C26H48N4O15. The van der Waals surface area contributed by atoms with Crippen LogP contribution in [-0.4, -0.2) is 140 Å². The third kappa shape index (κ3) is 9.70. The second-order valence-corrected chi connectivity index (χ2v) is 13.1. The smallest absolute Gasteiger partial charge is 0.335 e. The van der Waals surface area contributed by atoms with E-state index in [1.165, 1.54) is 0 Å². The summed E-state index contributed by atoms with van der Waals surface area (Å²) in [6, 6.07) is 0. The Kier molecular flexibility index (Phi) is 13.6. The zero-order valence-corrected chi connectivity index (χ0v) is 26.0. The van der Waals surface area contributed by atoms with Gasteiger partial charge in [-0.3, -0.25) is 22.5 Å². The van der Waals surface area contributed by atoms with Gasteiger partial charge in [-0.2, -0.15) is 0 Å². The van der Waals surface area contributed by atoms with Gasteiger partial charge in [0.2, 0.25) is 0 Å². The molecule has 2 aliphatic rings. The van der Waals surface area contributed by atoms with Crippen LogP contribution < -0.4 is 22.5 Å². The molecule has 0 radical (unpaired) electrons. The zero-order chi connectivity index (χ0) is 34.6. The first kappa shape index (κ1) is 39.1. The Morgan fingerprint density at radius 3 is 1.73 bits per heavy atom. The average molecular weight is 657 g/mol. The van der Waals surface area contributed by atoms with Crippen LogP contribution in [0.25, 0.3) is 0 Å². The predicted octanol–water partition coefficient (Wildman–Crippen LogP) is -3.71. The van der Waals surface area contributed by atoms with E-state index in [0.29, 0.717) is 0 Å². The lowest BCUT2D eigenvalue weighted by molar-refractivity contribution is -0.323. The molecule has 0 aromatic rings. The molecule has 13 N–H and O–H groups in total. The third-order valence-corrected chi connectivity index (χ3v) is 7.49. The van der Waals surface area contributed by atoms with Crippen molar-refractivity contribution in [1.82, 2.24) is 10.9 Å². The molecule has 2 aliphatic heterocycles. The number of carboxylic acid groups (broad SMARTS) is 3. The highest BCUT2D eigenvalue weighted by molar-refractivity contribution is 5.74. The van der Waals surface area contributed by atoms with E-state index in [1.54, 1.807) is 41.5 Å². The lowest BCUT2D eigenvalue weighted by Gasteiger charge is -2.47. The summed E-state index contributed by atoms with van der Waals surface area (Å²) in [5.74, 6) is 3.43. The van der Waals surface area contributed by atoms with Crippen molar-refractivity contribution in [3.63, 3.8) is 0 Å². The molecule has 2 fully saturated rings. The molecular weight excluding hydrogens is 608 g/mol. The molecule has 262 valence electrons. The molecule has 0 spiro atoms. The molecule has 0 bridgehead atoms. The van der Waals surface area contributed by atoms with E-state index in [9.17, 15) is 50.1 Å². The maximum atomic E-state index is 12.5. The Morgan fingerprint density at radius 1 is 0.778 bits per heavy atom. The van der Waals surface area contributed by atoms with Crippen molar-refractivity contribution in [1.29, 1.82) is 0 Å². The molecule has 2 rings (SSSR count). The summed E-state index contributed by atoms with van der Waals surface area (Å²) >= 11 is 0. The minimum Gasteiger partial charge on any atom is -0.479 e. The van der Waals surface area contributed by atoms with Crippen molar-refractivity contribution >= 4 is 17.9 Å². The highest BCUT2D eigenvalue weighted by Crippen LogP contribution is 2.40. The largest absolute Gasteiger partial charge is 0.479 e. The number of aliphatic hydroxyl groups excluding tert-OH is 4. The first-order valence-corrected chi connectivity index (χ1v) is 14.2. The number of nitrogens with two attached hydrogens (primary N) is 2. The lowest BCUT2D eigenvalue weighted by Crippen LogP contribution is -2.64. The molecule has 0 saturated carbocycles. The molecule has 19 heteroatoms. The van der Waals surface area contributed by atoms with Crippen LogP contribution in [0.2, 0.25) is 0 Å². The zero-order valence-electron chi connectivity index (χ0n) is 26.0. The van der Waals surface area contributed by atoms with Gasteiger partial charge < -0.3 is 59.4 Å². The van der Waals surface area contributed by atoms with Gasteiger partial charge in [0.05, 0.1) is 29.8 Å². The van der Waals surface area contributed by atoms with Crippen LogP contribution in [0.1, 0.15) is 41.5 Å². The molecule has 13 atom stereocenters.